The molecule has 0 bridgehead atoms. The average Bonchev–Trinajstić information content (AvgIpc) is 2.48. The molecule has 0 fully saturated rings. The summed E-state index contributed by atoms with van der Waals surface area (Å²) in [7, 11) is 0. The summed E-state index contributed by atoms with van der Waals surface area (Å²) in [6, 6.07) is 16.5. The summed E-state index contributed by atoms with van der Waals surface area (Å²) in [5.74, 6) is 1.61. The van der Waals surface area contributed by atoms with Crippen molar-refractivity contribution in [2.24, 2.45) is 0 Å². The molecule has 20 heavy (non-hydrogen) atoms. The van der Waals surface area contributed by atoms with E-state index in [9.17, 15) is 0 Å². The summed E-state index contributed by atoms with van der Waals surface area (Å²) in [6.45, 7) is 2.88. The number of aromatic nitrogens is 2. The van der Waals surface area contributed by atoms with Crippen LogP contribution >= 0.6 is 0 Å². The Morgan fingerprint density at radius 2 is 1.70 bits per heavy atom. The molecule has 1 heterocycles. The Labute approximate surface area is 117 Å². The van der Waals surface area contributed by atoms with Gasteiger partial charge in [0.2, 0.25) is 0 Å². The van der Waals surface area contributed by atoms with Gasteiger partial charge in [0.25, 0.3) is 0 Å². The lowest BCUT2D eigenvalue weighted by Gasteiger charge is -2.08. The number of hydrogen-bond donors (Lipinski definition) is 2. The van der Waals surface area contributed by atoms with Gasteiger partial charge in [0.15, 0.2) is 0 Å². The van der Waals surface area contributed by atoms with Gasteiger partial charge in [-0.1, -0.05) is 30.3 Å². The van der Waals surface area contributed by atoms with Crippen LogP contribution in [-0.2, 0) is 0 Å². The van der Waals surface area contributed by atoms with E-state index in [4.69, 9.17) is 0 Å². The van der Waals surface area contributed by atoms with E-state index in [2.05, 4.69) is 50.9 Å². The first kappa shape index (κ1) is 12.4. The van der Waals surface area contributed by atoms with E-state index in [1.165, 1.54) is 10.8 Å². The molecule has 0 spiro atoms. The maximum atomic E-state index is 4.23. The Bertz CT molecular complexity index is 724. The van der Waals surface area contributed by atoms with Gasteiger partial charge < -0.3 is 10.6 Å². The molecule has 100 valence electrons. The molecule has 1 aromatic heterocycles. The van der Waals surface area contributed by atoms with Crippen LogP contribution in [0.2, 0.25) is 0 Å². The van der Waals surface area contributed by atoms with E-state index in [1.807, 2.05) is 25.1 Å². The third-order valence-corrected chi connectivity index (χ3v) is 3.05. The van der Waals surface area contributed by atoms with Crippen LogP contribution in [0, 0.1) is 0 Å². The average molecular weight is 264 g/mol. The van der Waals surface area contributed by atoms with Crippen LogP contribution in [0.25, 0.3) is 10.8 Å². The van der Waals surface area contributed by atoms with Gasteiger partial charge in [-0.25, -0.2) is 9.97 Å². The lowest BCUT2D eigenvalue weighted by Crippen LogP contribution is -2.01. The quantitative estimate of drug-likeness (QED) is 0.752. The molecular formula is C16H16N4. The Kier molecular flexibility index (Phi) is 3.46. The van der Waals surface area contributed by atoms with Gasteiger partial charge in [-0.3, -0.25) is 0 Å². The molecule has 0 atom stereocenters. The Morgan fingerprint density at radius 1 is 0.900 bits per heavy atom. The maximum absolute atomic E-state index is 4.23. The number of nitrogens with zero attached hydrogens (tertiary/aromatic N) is 2. The van der Waals surface area contributed by atoms with Crippen molar-refractivity contribution >= 4 is 28.1 Å². The minimum absolute atomic E-state index is 0.784. The molecule has 4 nitrogen and oxygen atoms in total. The fraction of sp³-hybridized carbons (Fsp3) is 0.125. The summed E-state index contributed by atoms with van der Waals surface area (Å²) in [5.41, 5.74) is 1.02. The number of fused-ring (bicyclic) bond motifs is 1. The Balaban J connectivity index is 1.87. The monoisotopic (exact) mass is 264 g/mol. The molecule has 0 amide bonds. The fourth-order valence-corrected chi connectivity index (χ4v) is 2.12. The normalized spacial score (nSPS) is 10.4. The molecule has 0 saturated carbocycles. The Hall–Kier alpha value is -2.62. The minimum Gasteiger partial charge on any atom is -0.370 e. The van der Waals surface area contributed by atoms with Gasteiger partial charge in [-0.2, -0.15) is 0 Å². The second kappa shape index (κ2) is 5.57. The highest BCUT2D eigenvalue weighted by Crippen LogP contribution is 2.21. The van der Waals surface area contributed by atoms with Gasteiger partial charge in [0, 0.05) is 18.3 Å². The van der Waals surface area contributed by atoms with Gasteiger partial charge in [-0.15, -0.1) is 0 Å². The van der Waals surface area contributed by atoms with E-state index < -0.39 is 0 Å². The zero-order valence-corrected chi connectivity index (χ0v) is 11.3. The predicted octanol–water partition coefficient (Wildman–Crippen LogP) is 3.81. The van der Waals surface area contributed by atoms with Crippen molar-refractivity contribution in [1.29, 1.82) is 0 Å². The van der Waals surface area contributed by atoms with E-state index in [0.717, 1.165) is 23.9 Å². The van der Waals surface area contributed by atoms with Crippen molar-refractivity contribution in [2.45, 2.75) is 6.92 Å². The van der Waals surface area contributed by atoms with Crippen LogP contribution < -0.4 is 10.6 Å². The second-order valence-electron chi connectivity index (χ2n) is 4.51. The summed E-state index contributed by atoms with van der Waals surface area (Å²) in [4.78, 5) is 8.39. The van der Waals surface area contributed by atoms with Crippen molar-refractivity contribution in [3.05, 3.63) is 54.9 Å². The topological polar surface area (TPSA) is 49.8 Å². The number of hydrogen-bond acceptors (Lipinski definition) is 4. The van der Waals surface area contributed by atoms with Gasteiger partial charge in [0.1, 0.15) is 18.0 Å². The van der Waals surface area contributed by atoms with Crippen molar-refractivity contribution < 1.29 is 0 Å². The van der Waals surface area contributed by atoms with Crippen molar-refractivity contribution in [1.82, 2.24) is 9.97 Å². The van der Waals surface area contributed by atoms with Crippen LogP contribution in [0.3, 0.4) is 0 Å². The number of rotatable bonds is 4. The highest BCUT2D eigenvalue weighted by atomic mass is 15.1. The first-order valence-electron chi connectivity index (χ1n) is 6.67. The van der Waals surface area contributed by atoms with Crippen LogP contribution in [0.4, 0.5) is 17.3 Å². The molecular weight excluding hydrogens is 248 g/mol. The molecule has 0 aliphatic carbocycles. The lowest BCUT2D eigenvalue weighted by molar-refractivity contribution is 1.11. The molecule has 3 aromatic rings. The van der Waals surface area contributed by atoms with Crippen LogP contribution in [0.5, 0.6) is 0 Å². The van der Waals surface area contributed by atoms with Crippen LogP contribution in [-0.4, -0.2) is 16.5 Å². The fourth-order valence-electron chi connectivity index (χ4n) is 2.12. The summed E-state index contributed by atoms with van der Waals surface area (Å²) in [6.07, 6.45) is 1.56. The van der Waals surface area contributed by atoms with Gasteiger partial charge in [0.05, 0.1) is 0 Å². The Morgan fingerprint density at radius 3 is 2.55 bits per heavy atom. The summed E-state index contributed by atoms with van der Waals surface area (Å²) in [5, 5.41) is 8.91. The van der Waals surface area contributed by atoms with Crippen molar-refractivity contribution in [3.8, 4) is 0 Å². The highest BCUT2D eigenvalue weighted by molar-refractivity contribution is 5.86. The highest BCUT2D eigenvalue weighted by Gasteiger charge is 2.00. The molecule has 0 radical (unpaired) electrons. The van der Waals surface area contributed by atoms with Crippen LogP contribution in [0.1, 0.15) is 6.92 Å². The zero-order chi connectivity index (χ0) is 13.8. The number of anilines is 3. The van der Waals surface area contributed by atoms with Gasteiger partial charge >= 0.3 is 0 Å². The number of nitrogens with one attached hydrogen (secondary N) is 2. The second-order valence-corrected chi connectivity index (χ2v) is 4.51. The third-order valence-electron chi connectivity index (χ3n) is 3.05. The molecule has 3 rings (SSSR count). The maximum Gasteiger partial charge on any atom is 0.135 e. The van der Waals surface area contributed by atoms with E-state index >= 15 is 0 Å². The van der Waals surface area contributed by atoms with Crippen LogP contribution in [0.15, 0.2) is 54.9 Å². The van der Waals surface area contributed by atoms with Crippen molar-refractivity contribution in [3.63, 3.8) is 0 Å². The van der Waals surface area contributed by atoms with Gasteiger partial charge in [-0.05, 0) is 29.8 Å². The predicted molar refractivity (Wildman–Crippen MR) is 83.4 cm³/mol. The standard InChI is InChI=1S/C16H16N4/c1-2-17-15-10-16(19-11-18-15)20-14-8-7-12-5-3-4-6-13(12)9-14/h3-11H,2H2,1H3,(H2,17,18,19,20). The largest absolute Gasteiger partial charge is 0.370 e. The molecule has 0 aliphatic rings. The lowest BCUT2D eigenvalue weighted by atomic mass is 10.1. The summed E-state index contributed by atoms with van der Waals surface area (Å²) >= 11 is 0. The molecule has 0 aliphatic heterocycles. The first-order chi connectivity index (χ1) is 9.85. The molecule has 0 saturated heterocycles. The van der Waals surface area contributed by atoms with E-state index in [1.54, 1.807) is 6.33 Å². The van der Waals surface area contributed by atoms with E-state index in [-0.39, 0.29) is 0 Å². The molecule has 2 aromatic carbocycles. The van der Waals surface area contributed by atoms with Crippen molar-refractivity contribution in [2.75, 3.05) is 17.2 Å². The summed E-state index contributed by atoms with van der Waals surface area (Å²) < 4.78 is 0. The molecule has 0 unspecified atom stereocenters. The number of benzene rings is 2. The minimum atomic E-state index is 0.784. The molecule has 4 heteroatoms. The smallest absolute Gasteiger partial charge is 0.135 e. The third kappa shape index (κ3) is 2.69. The zero-order valence-electron chi connectivity index (χ0n) is 11.3. The SMILES string of the molecule is CCNc1cc(Nc2ccc3ccccc3c2)ncn1. The molecule has 2 N–H and O–H groups in total. The first-order valence-corrected chi connectivity index (χ1v) is 6.67. The van der Waals surface area contributed by atoms with E-state index in [0.29, 0.717) is 0 Å².